The Morgan fingerprint density at radius 3 is 2.00 bits per heavy atom. The maximum atomic E-state index is 12.9. The maximum Gasteiger partial charge on any atom is 0.328 e. The van der Waals surface area contributed by atoms with E-state index in [0.29, 0.717) is 24.2 Å². The Bertz CT molecular complexity index is 733. The van der Waals surface area contributed by atoms with Gasteiger partial charge < -0.3 is 19.8 Å². The third kappa shape index (κ3) is 6.67. The van der Waals surface area contributed by atoms with Gasteiger partial charge in [0.25, 0.3) is 0 Å². The predicted octanol–water partition coefficient (Wildman–Crippen LogP) is 2.81. The predicted molar refractivity (Wildman–Crippen MR) is 103 cm³/mol. The number of carboxylic acid groups (broad SMARTS) is 2. The highest BCUT2D eigenvalue weighted by molar-refractivity contribution is 5.89. The summed E-state index contributed by atoms with van der Waals surface area (Å²) in [5.74, 6) is -3.34. The number of piperidine rings is 1. The molecule has 2 aliphatic rings. The van der Waals surface area contributed by atoms with Gasteiger partial charge in [0, 0.05) is 24.2 Å². The van der Waals surface area contributed by atoms with Crippen LogP contribution in [-0.4, -0.2) is 58.3 Å². The molecule has 2 saturated heterocycles. The van der Waals surface area contributed by atoms with E-state index in [1.54, 1.807) is 12.1 Å². The number of rotatable bonds is 5. The summed E-state index contributed by atoms with van der Waals surface area (Å²) in [4.78, 5) is 33.8. The molecule has 2 N–H and O–H groups in total. The highest BCUT2D eigenvalue weighted by Gasteiger charge is 2.40. The van der Waals surface area contributed by atoms with Gasteiger partial charge in [0.2, 0.25) is 0 Å². The quantitative estimate of drug-likeness (QED) is 0.571. The Labute approximate surface area is 168 Å². The Morgan fingerprint density at radius 1 is 1.07 bits per heavy atom. The highest BCUT2D eigenvalue weighted by Crippen LogP contribution is 2.36. The number of carboxylic acids is 2. The van der Waals surface area contributed by atoms with E-state index in [1.807, 2.05) is 6.92 Å². The Morgan fingerprint density at radius 2 is 1.55 bits per heavy atom. The molecule has 3 unspecified atom stereocenters. The van der Waals surface area contributed by atoms with E-state index in [-0.39, 0.29) is 23.8 Å². The zero-order chi connectivity index (χ0) is 21.6. The Kier molecular flexibility index (Phi) is 7.90. The van der Waals surface area contributed by atoms with Gasteiger partial charge >= 0.3 is 17.9 Å². The first-order valence-electron chi connectivity index (χ1n) is 9.49. The molecule has 2 fully saturated rings. The first kappa shape index (κ1) is 22.5. The number of carbonyl (C=O) groups excluding carboxylic acids is 1. The zero-order valence-electron chi connectivity index (χ0n) is 16.5. The van der Waals surface area contributed by atoms with Crippen molar-refractivity contribution < 1.29 is 33.7 Å². The topological polar surface area (TPSA) is 104 Å². The molecule has 0 amide bonds. The fourth-order valence-corrected chi connectivity index (χ4v) is 3.75. The van der Waals surface area contributed by atoms with Gasteiger partial charge in [0.15, 0.2) is 0 Å². The molecule has 0 spiro atoms. The molecule has 1 aromatic rings. The third-order valence-electron chi connectivity index (χ3n) is 5.43. The van der Waals surface area contributed by atoms with Crippen molar-refractivity contribution in [2.75, 3.05) is 7.05 Å². The molecule has 0 radical (unpaired) electrons. The van der Waals surface area contributed by atoms with Crippen LogP contribution in [0.15, 0.2) is 36.4 Å². The number of hydrogen-bond acceptors (Lipinski definition) is 5. The van der Waals surface area contributed by atoms with E-state index in [0.717, 1.165) is 18.4 Å². The van der Waals surface area contributed by atoms with Crippen molar-refractivity contribution in [1.29, 1.82) is 0 Å². The lowest BCUT2D eigenvalue weighted by Gasteiger charge is -2.36. The summed E-state index contributed by atoms with van der Waals surface area (Å²) < 4.78 is 18.6. The molecular formula is C21H26FNO6. The first-order chi connectivity index (χ1) is 13.7. The van der Waals surface area contributed by atoms with Crippen LogP contribution in [0, 0.1) is 5.82 Å². The number of halogens is 1. The second-order valence-corrected chi connectivity index (χ2v) is 7.36. The maximum absolute atomic E-state index is 12.9. The van der Waals surface area contributed by atoms with Crippen LogP contribution in [0.5, 0.6) is 0 Å². The minimum atomic E-state index is -1.26. The molecule has 0 aromatic heterocycles. The number of benzene rings is 1. The molecule has 158 valence electrons. The Hall–Kier alpha value is -2.74. The molecule has 8 heteroatoms. The average Bonchev–Trinajstić information content (AvgIpc) is 2.88. The summed E-state index contributed by atoms with van der Waals surface area (Å²) in [5, 5.41) is 15.6. The van der Waals surface area contributed by atoms with E-state index >= 15 is 0 Å². The molecular weight excluding hydrogens is 381 g/mol. The summed E-state index contributed by atoms with van der Waals surface area (Å²) >= 11 is 0. The fraction of sp³-hybridized carbons (Fsp3) is 0.476. The molecule has 2 bridgehead atoms. The van der Waals surface area contributed by atoms with Crippen molar-refractivity contribution in [2.45, 2.75) is 56.7 Å². The lowest BCUT2D eigenvalue weighted by Crippen LogP contribution is -2.43. The molecule has 2 heterocycles. The van der Waals surface area contributed by atoms with Gasteiger partial charge in [-0.15, -0.1) is 0 Å². The summed E-state index contributed by atoms with van der Waals surface area (Å²) in [5.41, 5.74) is 0.803. The van der Waals surface area contributed by atoms with Crippen molar-refractivity contribution in [1.82, 2.24) is 4.90 Å². The highest BCUT2D eigenvalue weighted by atomic mass is 19.1. The molecule has 1 aromatic carbocycles. The smallest absolute Gasteiger partial charge is 0.328 e. The van der Waals surface area contributed by atoms with E-state index in [4.69, 9.17) is 14.9 Å². The van der Waals surface area contributed by atoms with Crippen LogP contribution in [-0.2, 0) is 19.1 Å². The van der Waals surface area contributed by atoms with Gasteiger partial charge in [-0.05, 0) is 57.4 Å². The van der Waals surface area contributed by atoms with E-state index in [9.17, 15) is 18.8 Å². The van der Waals surface area contributed by atoms with Gasteiger partial charge in [-0.25, -0.2) is 14.0 Å². The van der Waals surface area contributed by atoms with Crippen LogP contribution in [0.1, 0.15) is 44.1 Å². The molecule has 0 saturated carbocycles. The first-order valence-corrected chi connectivity index (χ1v) is 9.49. The number of nitrogens with zero attached hydrogens (tertiary/aromatic N) is 1. The van der Waals surface area contributed by atoms with Crippen LogP contribution in [0.4, 0.5) is 4.39 Å². The number of hydrogen-bond donors (Lipinski definition) is 2. The summed E-state index contributed by atoms with van der Waals surface area (Å²) in [6, 6.07) is 7.19. The number of aliphatic carboxylic acids is 2. The summed E-state index contributed by atoms with van der Waals surface area (Å²) in [7, 11) is 2.17. The fourth-order valence-electron chi connectivity index (χ4n) is 3.75. The van der Waals surface area contributed by atoms with Crippen molar-refractivity contribution in [2.24, 2.45) is 0 Å². The summed E-state index contributed by atoms with van der Waals surface area (Å²) in [6.07, 6.45) is 5.45. The number of fused-ring (bicyclic) bond motifs is 2. The average molecular weight is 407 g/mol. The van der Waals surface area contributed by atoms with Crippen LogP contribution in [0.2, 0.25) is 0 Å². The standard InChI is InChI=1S/C17H22FNO2.C4H4O4/c1-11(12-3-5-13(18)6-4-12)17(20)21-16-9-14-7-8-15(10-16)19(14)2;5-3(6)1-2-4(7)8/h3-6,11,14-16H,7-10H2,1-2H3;1-2H,(H,5,6)(H,7,8)/b;2-1-. The normalized spacial score (nSPS) is 24.4. The monoisotopic (exact) mass is 407 g/mol. The zero-order valence-corrected chi connectivity index (χ0v) is 16.5. The molecule has 3 atom stereocenters. The lowest BCUT2D eigenvalue weighted by atomic mass is 9.99. The largest absolute Gasteiger partial charge is 0.478 e. The number of carbonyl (C=O) groups is 3. The van der Waals surface area contributed by atoms with Crippen LogP contribution < -0.4 is 0 Å². The van der Waals surface area contributed by atoms with E-state index < -0.39 is 11.9 Å². The second-order valence-electron chi connectivity index (χ2n) is 7.36. The van der Waals surface area contributed by atoms with E-state index in [2.05, 4.69) is 11.9 Å². The van der Waals surface area contributed by atoms with Crippen molar-refractivity contribution >= 4 is 17.9 Å². The minimum absolute atomic E-state index is 0.0362. The van der Waals surface area contributed by atoms with Gasteiger partial charge in [-0.3, -0.25) is 4.79 Å². The molecule has 0 aliphatic carbocycles. The SMILES string of the molecule is CC(C(=O)OC1CC2CCC(C1)N2C)c1ccc(F)cc1.O=C(O)/C=C\C(=O)O. The molecule has 7 nitrogen and oxygen atoms in total. The minimum Gasteiger partial charge on any atom is -0.478 e. The Balaban J connectivity index is 0.000000321. The van der Waals surface area contributed by atoms with Gasteiger partial charge in [0.05, 0.1) is 5.92 Å². The van der Waals surface area contributed by atoms with Gasteiger partial charge in [-0.1, -0.05) is 12.1 Å². The van der Waals surface area contributed by atoms with Gasteiger partial charge in [0.1, 0.15) is 11.9 Å². The second kappa shape index (κ2) is 10.2. The van der Waals surface area contributed by atoms with Crippen molar-refractivity contribution in [3.05, 3.63) is 47.8 Å². The molecule has 29 heavy (non-hydrogen) atoms. The number of esters is 1. The van der Waals surface area contributed by atoms with Crippen LogP contribution in [0.3, 0.4) is 0 Å². The van der Waals surface area contributed by atoms with Crippen LogP contribution >= 0.6 is 0 Å². The summed E-state index contributed by atoms with van der Waals surface area (Å²) in [6.45, 7) is 1.82. The lowest BCUT2D eigenvalue weighted by molar-refractivity contribution is -0.153. The third-order valence-corrected chi connectivity index (χ3v) is 5.43. The van der Waals surface area contributed by atoms with Crippen molar-refractivity contribution in [3.63, 3.8) is 0 Å². The molecule has 3 rings (SSSR count). The number of ether oxygens (including phenoxy) is 1. The van der Waals surface area contributed by atoms with E-state index in [1.165, 1.54) is 25.0 Å². The van der Waals surface area contributed by atoms with Gasteiger partial charge in [-0.2, -0.15) is 0 Å². The van der Waals surface area contributed by atoms with Crippen LogP contribution in [0.25, 0.3) is 0 Å². The molecule has 2 aliphatic heterocycles. The van der Waals surface area contributed by atoms with Crippen molar-refractivity contribution in [3.8, 4) is 0 Å².